The van der Waals surface area contributed by atoms with Crippen LogP contribution < -0.4 is 9.62 Å². The van der Waals surface area contributed by atoms with E-state index in [1.165, 1.54) is 0 Å². The number of alkyl halides is 2. The SMILES string of the molecule is CCn1nc(-c2nnc(C(F)F)s2)c2cc(S(=O)(=O)NC3(C)CC3)cc(N3CCN(C(=O)C(C)C)CC3)c21. The number of hydrogen-bond donors (Lipinski definition) is 1. The second-order valence-electron chi connectivity index (χ2n) is 10.4. The molecule has 0 radical (unpaired) electrons. The van der Waals surface area contributed by atoms with Crippen LogP contribution >= 0.6 is 11.3 Å². The van der Waals surface area contributed by atoms with Crippen LogP contribution in [0.3, 0.4) is 0 Å². The molecule has 2 aromatic heterocycles. The number of carbonyl (C=O) groups is 1. The van der Waals surface area contributed by atoms with Crippen molar-refractivity contribution in [1.29, 1.82) is 0 Å². The van der Waals surface area contributed by atoms with E-state index in [0.717, 1.165) is 24.2 Å². The summed E-state index contributed by atoms with van der Waals surface area (Å²) >= 11 is 0.743. The fourth-order valence-corrected chi connectivity index (χ4v) is 6.89. The zero-order valence-electron chi connectivity index (χ0n) is 21.7. The number of amides is 1. The first kappa shape index (κ1) is 26.9. The molecule has 1 amide bonds. The van der Waals surface area contributed by atoms with Gasteiger partial charge in [0.2, 0.25) is 15.9 Å². The average Bonchev–Trinajstić information content (AvgIpc) is 3.26. The molecular formula is C24H31F2N7O3S2. The third-order valence-electron chi connectivity index (χ3n) is 7.04. The van der Waals surface area contributed by atoms with Crippen LogP contribution in [0, 0.1) is 5.92 Å². The van der Waals surface area contributed by atoms with E-state index in [-0.39, 0.29) is 21.7 Å². The molecule has 3 aromatic rings. The summed E-state index contributed by atoms with van der Waals surface area (Å²) in [5.41, 5.74) is 1.20. The van der Waals surface area contributed by atoms with E-state index in [9.17, 15) is 22.0 Å². The summed E-state index contributed by atoms with van der Waals surface area (Å²) in [6, 6.07) is 3.20. The lowest BCUT2D eigenvalue weighted by molar-refractivity contribution is -0.134. The van der Waals surface area contributed by atoms with Gasteiger partial charge in [0, 0.05) is 49.6 Å². The Hall–Kier alpha value is -2.71. The van der Waals surface area contributed by atoms with Crippen LogP contribution in [0.2, 0.25) is 0 Å². The summed E-state index contributed by atoms with van der Waals surface area (Å²) in [5, 5.41) is 12.5. The van der Waals surface area contributed by atoms with Gasteiger partial charge in [0.05, 0.1) is 16.1 Å². The van der Waals surface area contributed by atoms with E-state index in [2.05, 4.69) is 24.9 Å². The number of sulfonamides is 1. The molecule has 2 aliphatic rings. The standard InChI is InChI=1S/C24H31F2N7O3S2/c1-5-33-19-16(18(29-33)21-27-28-22(37-21)20(25)26)12-15(38(35,36)30-24(4)6-7-24)13-17(19)31-8-10-32(11-9-31)23(34)14(2)3/h12-14,20,30H,5-11H2,1-4H3. The van der Waals surface area contributed by atoms with Crippen LogP contribution in [-0.2, 0) is 21.4 Å². The highest BCUT2D eigenvalue weighted by Gasteiger charge is 2.41. The van der Waals surface area contributed by atoms with E-state index in [0.29, 0.717) is 55.0 Å². The second kappa shape index (κ2) is 9.79. The number of nitrogens with zero attached hydrogens (tertiary/aromatic N) is 6. The molecule has 0 unspecified atom stereocenters. The van der Waals surface area contributed by atoms with Crippen molar-refractivity contribution >= 4 is 43.9 Å². The monoisotopic (exact) mass is 567 g/mol. The van der Waals surface area contributed by atoms with Crippen LogP contribution in [0.25, 0.3) is 21.6 Å². The number of aryl methyl sites for hydroxylation is 1. The molecule has 14 heteroatoms. The maximum absolute atomic E-state index is 13.5. The van der Waals surface area contributed by atoms with Gasteiger partial charge in [-0.3, -0.25) is 9.48 Å². The number of fused-ring (bicyclic) bond motifs is 1. The zero-order valence-corrected chi connectivity index (χ0v) is 23.4. The maximum atomic E-state index is 13.5. The summed E-state index contributed by atoms with van der Waals surface area (Å²) < 4.78 is 58.0. The fourth-order valence-electron chi connectivity index (χ4n) is 4.68. The van der Waals surface area contributed by atoms with Gasteiger partial charge in [0.15, 0.2) is 10.0 Å². The normalized spacial score (nSPS) is 17.7. The van der Waals surface area contributed by atoms with Crippen LogP contribution in [0.4, 0.5) is 14.5 Å². The van der Waals surface area contributed by atoms with Gasteiger partial charge < -0.3 is 9.80 Å². The minimum absolute atomic E-state index is 0.0734. The van der Waals surface area contributed by atoms with Gasteiger partial charge in [-0.05, 0) is 38.8 Å². The average molecular weight is 568 g/mol. The van der Waals surface area contributed by atoms with Crippen LogP contribution in [-0.4, -0.2) is 70.9 Å². The molecule has 1 aliphatic carbocycles. The Labute approximate surface area is 224 Å². The number of benzene rings is 1. The lowest BCUT2D eigenvalue weighted by Crippen LogP contribution is -2.50. The summed E-state index contributed by atoms with van der Waals surface area (Å²) in [7, 11) is -3.88. The molecule has 206 valence electrons. The van der Waals surface area contributed by atoms with E-state index < -0.39 is 27.0 Å². The van der Waals surface area contributed by atoms with Crippen molar-refractivity contribution in [2.75, 3.05) is 31.1 Å². The number of nitrogens with one attached hydrogen (secondary N) is 1. The summed E-state index contributed by atoms with van der Waals surface area (Å²) in [4.78, 5) is 16.5. The Morgan fingerprint density at radius 3 is 2.39 bits per heavy atom. The quantitative estimate of drug-likeness (QED) is 0.442. The van der Waals surface area contributed by atoms with Crippen LogP contribution in [0.1, 0.15) is 52.0 Å². The summed E-state index contributed by atoms with van der Waals surface area (Å²) in [6.07, 6.45) is -1.25. The molecule has 1 saturated heterocycles. The number of rotatable bonds is 8. The number of piperazine rings is 1. The third-order valence-corrected chi connectivity index (χ3v) is 9.60. The Balaban J connectivity index is 1.64. The summed E-state index contributed by atoms with van der Waals surface area (Å²) in [5.74, 6) is -0.0225. The van der Waals surface area contributed by atoms with Crippen molar-refractivity contribution in [1.82, 2.24) is 29.6 Å². The molecule has 1 saturated carbocycles. The van der Waals surface area contributed by atoms with Crippen LogP contribution in [0.15, 0.2) is 17.0 Å². The highest BCUT2D eigenvalue weighted by Crippen LogP contribution is 2.40. The maximum Gasteiger partial charge on any atom is 0.291 e. The molecule has 0 atom stereocenters. The molecule has 2 fully saturated rings. The predicted octanol–water partition coefficient (Wildman–Crippen LogP) is 3.65. The highest BCUT2D eigenvalue weighted by molar-refractivity contribution is 7.89. The minimum atomic E-state index is -3.88. The van der Waals surface area contributed by atoms with Gasteiger partial charge in [-0.25, -0.2) is 21.9 Å². The fraction of sp³-hybridized carbons (Fsp3) is 0.583. The minimum Gasteiger partial charge on any atom is -0.366 e. The lowest BCUT2D eigenvalue weighted by Gasteiger charge is -2.37. The highest BCUT2D eigenvalue weighted by atomic mass is 32.2. The van der Waals surface area contributed by atoms with Gasteiger partial charge >= 0.3 is 0 Å². The first-order valence-electron chi connectivity index (χ1n) is 12.7. The molecule has 38 heavy (non-hydrogen) atoms. The van der Waals surface area contributed by atoms with Gasteiger partial charge in [-0.15, -0.1) is 10.2 Å². The molecule has 1 aromatic carbocycles. The molecule has 1 N–H and O–H groups in total. The topological polar surface area (TPSA) is 113 Å². The largest absolute Gasteiger partial charge is 0.366 e. The van der Waals surface area contributed by atoms with Gasteiger partial charge in [-0.1, -0.05) is 25.2 Å². The van der Waals surface area contributed by atoms with Gasteiger partial charge in [-0.2, -0.15) is 5.10 Å². The Kier molecular flexibility index (Phi) is 6.93. The van der Waals surface area contributed by atoms with Gasteiger partial charge in [0.1, 0.15) is 5.69 Å². The molecule has 0 bridgehead atoms. The Morgan fingerprint density at radius 2 is 1.84 bits per heavy atom. The number of anilines is 1. The van der Waals surface area contributed by atoms with Crippen molar-refractivity contribution in [3.8, 4) is 10.7 Å². The van der Waals surface area contributed by atoms with E-state index in [1.807, 2.05) is 32.6 Å². The Bertz CT molecular complexity index is 1470. The van der Waals surface area contributed by atoms with Gasteiger partial charge in [0.25, 0.3) is 6.43 Å². The molecular weight excluding hydrogens is 536 g/mol. The van der Waals surface area contributed by atoms with Crippen molar-refractivity contribution in [2.24, 2.45) is 5.92 Å². The first-order chi connectivity index (χ1) is 17.9. The van der Waals surface area contributed by atoms with Crippen molar-refractivity contribution in [3.05, 3.63) is 17.1 Å². The summed E-state index contributed by atoms with van der Waals surface area (Å²) in [6.45, 7) is 10.0. The Morgan fingerprint density at radius 1 is 1.16 bits per heavy atom. The molecule has 1 aliphatic heterocycles. The van der Waals surface area contributed by atoms with E-state index in [4.69, 9.17) is 0 Å². The van der Waals surface area contributed by atoms with Crippen molar-refractivity contribution in [3.63, 3.8) is 0 Å². The number of hydrogen-bond acceptors (Lipinski definition) is 8. The molecule has 0 spiro atoms. The molecule has 3 heterocycles. The first-order valence-corrected chi connectivity index (χ1v) is 15.0. The molecule has 5 rings (SSSR count). The lowest BCUT2D eigenvalue weighted by atomic mass is 10.1. The number of halogens is 2. The van der Waals surface area contributed by atoms with Crippen LogP contribution in [0.5, 0.6) is 0 Å². The third kappa shape index (κ3) is 5.00. The van der Waals surface area contributed by atoms with Crippen molar-refractivity contribution < 1.29 is 22.0 Å². The zero-order chi connectivity index (χ0) is 27.4. The molecule has 10 nitrogen and oxygen atoms in total. The van der Waals surface area contributed by atoms with Crippen molar-refractivity contribution in [2.45, 2.75) is 63.9 Å². The van der Waals surface area contributed by atoms with E-state index >= 15 is 0 Å². The number of carbonyl (C=O) groups excluding carboxylic acids is 1. The smallest absolute Gasteiger partial charge is 0.291 e. The predicted molar refractivity (Wildman–Crippen MR) is 141 cm³/mol. The second-order valence-corrected chi connectivity index (χ2v) is 13.1. The van der Waals surface area contributed by atoms with E-state index in [1.54, 1.807) is 16.8 Å². The number of aromatic nitrogens is 4.